The number of methoxy groups -OCH3 is 1. The maximum atomic E-state index is 12.5. The van der Waals surface area contributed by atoms with Crippen molar-refractivity contribution >= 4 is 22.0 Å². The quantitative estimate of drug-likeness (QED) is 0.358. The molecular weight excluding hydrogens is 406 g/mol. The first-order chi connectivity index (χ1) is 14.2. The minimum Gasteiger partial charge on any atom is -0.380 e. The van der Waals surface area contributed by atoms with Gasteiger partial charge in [-0.2, -0.15) is 0 Å². The second-order valence-corrected chi connectivity index (χ2v) is 6.75. The fourth-order valence-electron chi connectivity index (χ4n) is 1.81. The van der Waals surface area contributed by atoms with Gasteiger partial charge >= 0.3 is 6.03 Å². The Balaban J connectivity index is 0. The summed E-state index contributed by atoms with van der Waals surface area (Å²) in [6.07, 6.45) is 10.3. The Kier molecular flexibility index (Phi) is 16.6. The zero-order valence-corrected chi connectivity index (χ0v) is 19.3. The fourth-order valence-corrected chi connectivity index (χ4v) is 2.53. The third-order valence-electron chi connectivity index (χ3n) is 3.17. The average Bonchev–Trinajstić information content (AvgIpc) is 2.73. The number of rotatable bonds is 10. The van der Waals surface area contributed by atoms with Gasteiger partial charge in [0.05, 0.1) is 12.0 Å². The molecule has 3 N–H and O–H groups in total. The second kappa shape index (κ2) is 17.0. The second-order valence-electron chi connectivity index (χ2n) is 5.19. The standard InChI is InChI=1S/C19H27N3O5S.C2H6/c1-6-9-12-17(15(7-2)14-27-5)18(23)22-28(25,26)13-10-11-16(8-3)21-19(24)20-4;1-2/h6-13H,3,14H2,1-2,4-5H3,(H,22,23)(H2,20,21,24);1-2H3/b9-6-,13-10+,15-7-,16-11+,17-12+;. The van der Waals surface area contributed by atoms with Gasteiger partial charge in [-0.25, -0.2) is 17.9 Å². The largest absolute Gasteiger partial charge is 0.380 e. The number of allylic oxidation sites excluding steroid dienone is 7. The summed E-state index contributed by atoms with van der Waals surface area (Å²) in [5.74, 6) is -0.788. The van der Waals surface area contributed by atoms with E-state index in [1.165, 1.54) is 38.5 Å². The van der Waals surface area contributed by atoms with Gasteiger partial charge in [0.15, 0.2) is 0 Å². The van der Waals surface area contributed by atoms with E-state index in [-0.39, 0.29) is 17.9 Å². The normalized spacial score (nSPS) is 12.9. The summed E-state index contributed by atoms with van der Waals surface area (Å²) >= 11 is 0. The first-order valence-corrected chi connectivity index (χ1v) is 10.8. The van der Waals surface area contributed by atoms with Crippen molar-refractivity contribution in [3.63, 3.8) is 0 Å². The van der Waals surface area contributed by atoms with Crippen molar-refractivity contribution in [3.8, 4) is 0 Å². The molecule has 0 aliphatic rings. The molecule has 0 saturated carbocycles. The molecule has 3 amide bonds. The van der Waals surface area contributed by atoms with Gasteiger partial charge in [-0.05, 0) is 43.7 Å². The van der Waals surface area contributed by atoms with E-state index in [4.69, 9.17) is 4.74 Å². The van der Waals surface area contributed by atoms with E-state index in [0.717, 1.165) is 5.41 Å². The Bertz CT molecular complexity index is 820. The Hall–Kier alpha value is -2.91. The zero-order chi connectivity index (χ0) is 23.6. The maximum absolute atomic E-state index is 12.5. The lowest BCUT2D eigenvalue weighted by molar-refractivity contribution is -0.115. The molecule has 0 aromatic carbocycles. The van der Waals surface area contributed by atoms with Gasteiger partial charge in [-0.1, -0.05) is 38.7 Å². The molecule has 8 nitrogen and oxygen atoms in total. The van der Waals surface area contributed by atoms with Crippen LogP contribution in [0.25, 0.3) is 0 Å². The fraction of sp³-hybridized carbons (Fsp3) is 0.333. The number of carbonyl (C=O) groups is 2. The third kappa shape index (κ3) is 12.5. The lowest BCUT2D eigenvalue weighted by Crippen LogP contribution is -2.31. The Morgan fingerprint density at radius 1 is 1.10 bits per heavy atom. The van der Waals surface area contributed by atoms with Gasteiger partial charge in [-0.15, -0.1) is 0 Å². The number of sulfonamides is 1. The number of hydrogen-bond donors (Lipinski definition) is 3. The van der Waals surface area contributed by atoms with Crippen LogP contribution in [0.5, 0.6) is 0 Å². The molecule has 9 heteroatoms. The molecule has 0 aromatic heterocycles. The van der Waals surface area contributed by atoms with E-state index in [9.17, 15) is 18.0 Å². The van der Waals surface area contributed by atoms with E-state index in [1.54, 1.807) is 32.1 Å². The molecule has 0 aliphatic carbocycles. The summed E-state index contributed by atoms with van der Waals surface area (Å²) in [5.41, 5.74) is 0.992. The zero-order valence-electron chi connectivity index (χ0n) is 18.5. The molecule has 0 aromatic rings. The van der Waals surface area contributed by atoms with Gasteiger partial charge in [-0.3, -0.25) is 4.79 Å². The highest BCUT2D eigenvalue weighted by Crippen LogP contribution is 2.12. The molecule has 30 heavy (non-hydrogen) atoms. The predicted molar refractivity (Wildman–Crippen MR) is 122 cm³/mol. The molecule has 0 fully saturated rings. The highest BCUT2D eigenvalue weighted by molar-refractivity contribution is 7.92. The third-order valence-corrected chi connectivity index (χ3v) is 4.15. The van der Waals surface area contributed by atoms with Crippen LogP contribution in [0.15, 0.2) is 71.4 Å². The summed E-state index contributed by atoms with van der Waals surface area (Å²) in [6, 6.07) is -0.480. The molecule has 0 unspecified atom stereocenters. The van der Waals surface area contributed by atoms with Gasteiger partial charge in [0.1, 0.15) is 0 Å². The number of ether oxygens (including phenoxy) is 1. The Labute approximate surface area is 180 Å². The molecular formula is C21H33N3O5S. The van der Waals surface area contributed by atoms with Crippen molar-refractivity contribution in [2.24, 2.45) is 0 Å². The van der Waals surface area contributed by atoms with Gasteiger partial charge < -0.3 is 15.4 Å². The Morgan fingerprint density at radius 3 is 2.20 bits per heavy atom. The Morgan fingerprint density at radius 2 is 1.73 bits per heavy atom. The van der Waals surface area contributed by atoms with E-state index in [0.29, 0.717) is 5.57 Å². The van der Waals surface area contributed by atoms with Crippen LogP contribution in [0.2, 0.25) is 0 Å². The van der Waals surface area contributed by atoms with Crippen LogP contribution < -0.4 is 15.4 Å². The van der Waals surface area contributed by atoms with Crippen LogP contribution in [0.3, 0.4) is 0 Å². The minimum atomic E-state index is -4.07. The van der Waals surface area contributed by atoms with Crippen molar-refractivity contribution in [1.29, 1.82) is 0 Å². The molecule has 168 valence electrons. The van der Waals surface area contributed by atoms with Crippen molar-refractivity contribution in [1.82, 2.24) is 15.4 Å². The molecule has 0 spiro atoms. The van der Waals surface area contributed by atoms with Crippen molar-refractivity contribution in [2.75, 3.05) is 20.8 Å². The monoisotopic (exact) mass is 439 g/mol. The van der Waals surface area contributed by atoms with Gasteiger partial charge in [0.25, 0.3) is 15.9 Å². The summed E-state index contributed by atoms with van der Waals surface area (Å²) in [6.45, 7) is 11.2. The predicted octanol–water partition coefficient (Wildman–Crippen LogP) is 3.07. The van der Waals surface area contributed by atoms with Crippen LogP contribution in [-0.4, -0.2) is 41.1 Å². The number of urea groups is 1. The lowest BCUT2D eigenvalue weighted by Gasteiger charge is -2.10. The summed E-state index contributed by atoms with van der Waals surface area (Å²) in [5, 5.41) is 5.60. The first kappa shape index (κ1) is 29.3. The van der Waals surface area contributed by atoms with Crippen LogP contribution in [-0.2, 0) is 19.6 Å². The van der Waals surface area contributed by atoms with Crippen LogP contribution >= 0.6 is 0 Å². The van der Waals surface area contributed by atoms with Crippen LogP contribution in [0.1, 0.15) is 27.7 Å². The van der Waals surface area contributed by atoms with E-state index >= 15 is 0 Å². The number of carbonyl (C=O) groups excluding carboxylic acids is 2. The van der Waals surface area contributed by atoms with Crippen LogP contribution in [0, 0.1) is 0 Å². The maximum Gasteiger partial charge on any atom is 0.318 e. The van der Waals surface area contributed by atoms with E-state index in [2.05, 4.69) is 17.2 Å². The van der Waals surface area contributed by atoms with E-state index in [1.807, 2.05) is 18.6 Å². The SMILES string of the molecule is C=C/C(=C\C=C\S(=O)(=O)NC(=O)C(=C/C=C\C)/C(=C\C)COC)NC(=O)NC.CC. The summed E-state index contributed by atoms with van der Waals surface area (Å²) in [4.78, 5) is 23.7. The molecule has 0 atom stereocenters. The number of nitrogens with one attached hydrogen (secondary N) is 3. The van der Waals surface area contributed by atoms with Crippen molar-refractivity contribution < 1.29 is 22.7 Å². The minimum absolute atomic E-state index is 0.153. The molecule has 0 heterocycles. The highest BCUT2D eigenvalue weighted by atomic mass is 32.2. The summed E-state index contributed by atoms with van der Waals surface area (Å²) < 4.78 is 31.4. The molecule has 0 radical (unpaired) electrons. The molecule has 0 bridgehead atoms. The smallest absolute Gasteiger partial charge is 0.318 e. The highest BCUT2D eigenvalue weighted by Gasteiger charge is 2.18. The average molecular weight is 440 g/mol. The number of amides is 3. The lowest BCUT2D eigenvalue weighted by atomic mass is 10.1. The first-order valence-electron chi connectivity index (χ1n) is 9.28. The molecule has 0 rings (SSSR count). The summed E-state index contributed by atoms with van der Waals surface area (Å²) in [7, 11) is -1.15. The number of hydrogen-bond acceptors (Lipinski definition) is 5. The van der Waals surface area contributed by atoms with Gasteiger partial charge in [0.2, 0.25) is 0 Å². The molecule has 0 aliphatic heterocycles. The topological polar surface area (TPSA) is 114 Å². The van der Waals surface area contributed by atoms with E-state index < -0.39 is 22.0 Å². The van der Waals surface area contributed by atoms with Crippen LogP contribution in [0.4, 0.5) is 4.79 Å². The molecule has 0 saturated heterocycles. The van der Waals surface area contributed by atoms with Gasteiger partial charge in [0, 0.05) is 25.4 Å². The van der Waals surface area contributed by atoms with Crippen molar-refractivity contribution in [3.05, 3.63) is 71.4 Å². The van der Waals surface area contributed by atoms with Crippen molar-refractivity contribution in [2.45, 2.75) is 27.7 Å².